The molecule has 0 aromatic heterocycles. The molecular formula is C9H16O2S. The molecule has 1 aliphatic rings. The first-order valence-electron chi connectivity index (χ1n) is 4.50. The number of carbonyl (C=O) groups is 1. The van der Waals surface area contributed by atoms with Crippen LogP contribution in [0.3, 0.4) is 0 Å². The van der Waals surface area contributed by atoms with Gasteiger partial charge in [-0.3, -0.25) is 4.79 Å². The maximum Gasteiger partial charge on any atom is 0.134 e. The molecule has 0 amide bonds. The molecule has 12 heavy (non-hydrogen) atoms. The smallest absolute Gasteiger partial charge is 0.134 e. The van der Waals surface area contributed by atoms with Crippen LogP contribution in [0.5, 0.6) is 0 Å². The van der Waals surface area contributed by atoms with E-state index in [9.17, 15) is 4.79 Å². The minimum atomic E-state index is 0.259. The van der Waals surface area contributed by atoms with Crippen LogP contribution in [0.2, 0.25) is 0 Å². The van der Waals surface area contributed by atoms with E-state index in [4.69, 9.17) is 5.11 Å². The summed E-state index contributed by atoms with van der Waals surface area (Å²) in [6.45, 7) is 2.37. The van der Waals surface area contributed by atoms with Crippen LogP contribution in [0.15, 0.2) is 0 Å². The highest BCUT2D eigenvalue weighted by Crippen LogP contribution is 2.31. The van der Waals surface area contributed by atoms with E-state index < -0.39 is 0 Å². The van der Waals surface area contributed by atoms with E-state index in [1.807, 2.05) is 11.8 Å². The van der Waals surface area contributed by atoms with E-state index in [2.05, 4.69) is 6.92 Å². The molecule has 0 heterocycles. The zero-order chi connectivity index (χ0) is 8.97. The van der Waals surface area contributed by atoms with Gasteiger partial charge in [0.25, 0.3) is 0 Å². The predicted molar refractivity (Wildman–Crippen MR) is 51.4 cm³/mol. The lowest BCUT2D eigenvalue weighted by atomic mass is 10.3. The Morgan fingerprint density at radius 3 is 3.00 bits per heavy atom. The van der Waals surface area contributed by atoms with E-state index in [1.165, 1.54) is 0 Å². The lowest BCUT2D eigenvalue weighted by Gasteiger charge is -2.13. The van der Waals surface area contributed by atoms with Crippen molar-refractivity contribution in [2.45, 2.75) is 43.1 Å². The van der Waals surface area contributed by atoms with Crippen LogP contribution < -0.4 is 0 Å². The van der Waals surface area contributed by atoms with E-state index in [-0.39, 0.29) is 6.61 Å². The van der Waals surface area contributed by atoms with E-state index in [1.54, 1.807) is 0 Å². The zero-order valence-corrected chi connectivity index (χ0v) is 8.27. The molecule has 1 N–H and O–H groups in total. The molecule has 1 rings (SSSR count). The summed E-state index contributed by atoms with van der Waals surface area (Å²) in [5, 5.41) is 9.70. The van der Waals surface area contributed by atoms with Crippen LogP contribution in [0.25, 0.3) is 0 Å². The van der Waals surface area contributed by atoms with E-state index in [0.29, 0.717) is 16.3 Å². The third-order valence-corrected chi connectivity index (χ3v) is 3.65. The molecule has 0 aliphatic heterocycles. The number of hydrogen-bond acceptors (Lipinski definition) is 3. The van der Waals surface area contributed by atoms with Crippen molar-refractivity contribution in [2.24, 2.45) is 0 Å². The summed E-state index contributed by atoms with van der Waals surface area (Å²) in [7, 11) is 0. The van der Waals surface area contributed by atoms with Crippen LogP contribution in [-0.2, 0) is 4.79 Å². The standard InChI is InChI=1S/C9H16O2S/c1-7(4-5-10)12-9-3-2-8(11)6-9/h7,9-10H,2-6H2,1H3. The minimum absolute atomic E-state index is 0.259. The Labute approximate surface area is 77.7 Å². The van der Waals surface area contributed by atoms with E-state index >= 15 is 0 Å². The predicted octanol–water partition coefficient (Wildman–Crippen LogP) is 1.61. The van der Waals surface area contributed by atoms with Gasteiger partial charge in [0.2, 0.25) is 0 Å². The first-order chi connectivity index (χ1) is 5.72. The molecule has 0 radical (unpaired) electrons. The topological polar surface area (TPSA) is 37.3 Å². The van der Waals surface area contributed by atoms with Crippen LogP contribution in [0.1, 0.15) is 32.6 Å². The molecule has 0 aromatic carbocycles. The first kappa shape index (κ1) is 10.1. The second-order valence-electron chi connectivity index (χ2n) is 3.36. The van der Waals surface area contributed by atoms with Gasteiger partial charge in [-0.15, -0.1) is 0 Å². The van der Waals surface area contributed by atoms with Crippen molar-refractivity contribution in [3.05, 3.63) is 0 Å². The normalized spacial score (nSPS) is 26.2. The van der Waals surface area contributed by atoms with Gasteiger partial charge in [-0.25, -0.2) is 0 Å². The number of carbonyl (C=O) groups excluding carboxylic acids is 1. The monoisotopic (exact) mass is 188 g/mol. The highest BCUT2D eigenvalue weighted by atomic mass is 32.2. The number of aliphatic hydroxyl groups is 1. The molecule has 0 bridgehead atoms. The second-order valence-corrected chi connectivity index (χ2v) is 5.11. The average molecular weight is 188 g/mol. The maximum absolute atomic E-state index is 10.9. The number of hydrogen-bond donors (Lipinski definition) is 1. The number of thioether (sulfide) groups is 1. The van der Waals surface area contributed by atoms with Gasteiger partial charge in [0, 0.05) is 29.9 Å². The molecular weight excluding hydrogens is 172 g/mol. The van der Waals surface area contributed by atoms with Crippen LogP contribution in [-0.4, -0.2) is 28.0 Å². The fraction of sp³-hybridized carbons (Fsp3) is 0.889. The molecule has 70 valence electrons. The summed E-state index contributed by atoms with van der Waals surface area (Å²) in [4.78, 5) is 10.9. The summed E-state index contributed by atoms with van der Waals surface area (Å²) in [6.07, 6.45) is 3.40. The molecule has 3 heteroatoms. The van der Waals surface area contributed by atoms with Crippen molar-refractivity contribution < 1.29 is 9.90 Å². The highest BCUT2D eigenvalue weighted by molar-refractivity contribution is 8.00. The van der Waals surface area contributed by atoms with Gasteiger partial charge in [0.15, 0.2) is 0 Å². The van der Waals surface area contributed by atoms with Gasteiger partial charge < -0.3 is 5.11 Å². The fourth-order valence-corrected chi connectivity index (χ4v) is 2.91. The van der Waals surface area contributed by atoms with Gasteiger partial charge in [-0.1, -0.05) is 6.92 Å². The number of rotatable bonds is 4. The molecule has 0 spiro atoms. The number of aliphatic hydroxyl groups excluding tert-OH is 1. The number of Topliss-reactive ketones (excluding diaryl/α,β-unsaturated/α-hetero) is 1. The van der Waals surface area contributed by atoms with Crippen molar-refractivity contribution in [3.8, 4) is 0 Å². The molecule has 2 unspecified atom stereocenters. The van der Waals surface area contributed by atoms with Crippen molar-refractivity contribution in [3.63, 3.8) is 0 Å². The van der Waals surface area contributed by atoms with Crippen molar-refractivity contribution in [2.75, 3.05) is 6.61 Å². The number of ketones is 1. The molecule has 2 atom stereocenters. The van der Waals surface area contributed by atoms with Gasteiger partial charge in [0.05, 0.1) is 0 Å². The fourth-order valence-electron chi connectivity index (χ4n) is 1.47. The SMILES string of the molecule is CC(CCO)SC1CCC(=O)C1. The van der Waals surface area contributed by atoms with Crippen LogP contribution >= 0.6 is 11.8 Å². The van der Waals surface area contributed by atoms with Crippen molar-refractivity contribution >= 4 is 17.5 Å². The lowest BCUT2D eigenvalue weighted by Crippen LogP contribution is -2.06. The van der Waals surface area contributed by atoms with E-state index in [0.717, 1.165) is 25.7 Å². The Balaban J connectivity index is 2.18. The summed E-state index contributed by atoms with van der Waals surface area (Å²) < 4.78 is 0. The molecule has 2 nitrogen and oxygen atoms in total. The van der Waals surface area contributed by atoms with Gasteiger partial charge in [0.1, 0.15) is 5.78 Å². The minimum Gasteiger partial charge on any atom is -0.396 e. The van der Waals surface area contributed by atoms with Crippen LogP contribution in [0.4, 0.5) is 0 Å². The lowest BCUT2D eigenvalue weighted by molar-refractivity contribution is -0.117. The quantitative estimate of drug-likeness (QED) is 0.728. The Kier molecular flexibility index (Phi) is 4.09. The first-order valence-corrected chi connectivity index (χ1v) is 5.44. The molecule has 1 aliphatic carbocycles. The third-order valence-electron chi connectivity index (χ3n) is 2.16. The van der Waals surface area contributed by atoms with Crippen molar-refractivity contribution in [1.29, 1.82) is 0 Å². The molecule has 1 fully saturated rings. The summed E-state index contributed by atoms with van der Waals surface area (Å²) in [6, 6.07) is 0. The Morgan fingerprint density at radius 1 is 1.75 bits per heavy atom. The average Bonchev–Trinajstić information content (AvgIpc) is 2.36. The Bertz CT molecular complexity index is 159. The molecule has 0 saturated heterocycles. The summed E-state index contributed by atoms with van der Waals surface area (Å²) in [5.74, 6) is 0.406. The Hall–Kier alpha value is -0.0200. The molecule has 0 aromatic rings. The van der Waals surface area contributed by atoms with Crippen molar-refractivity contribution in [1.82, 2.24) is 0 Å². The largest absolute Gasteiger partial charge is 0.396 e. The summed E-state index contributed by atoms with van der Waals surface area (Å²) >= 11 is 1.85. The Morgan fingerprint density at radius 2 is 2.50 bits per heavy atom. The van der Waals surface area contributed by atoms with Gasteiger partial charge >= 0.3 is 0 Å². The van der Waals surface area contributed by atoms with Gasteiger partial charge in [-0.2, -0.15) is 11.8 Å². The van der Waals surface area contributed by atoms with Crippen LogP contribution in [0, 0.1) is 0 Å². The summed E-state index contributed by atoms with van der Waals surface area (Å²) in [5.41, 5.74) is 0. The van der Waals surface area contributed by atoms with Gasteiger partial charge in [-0.05, 0) is 12.8 Å². The third kappa shape index (κ3) is 3.15. The maximum atomic E-state index is 10.9. The zero-order valence-electron chi connectivity index (χ0n) is 7.45. The second kappa shape index (κ2) is 4.87. The highest BCUT2D eigenvalue weighted by Gasteiger charge is 2.23. The molecule has 1 saturated carbocycles.